The van der Waals surface area contributed by atoms with Crippen LogP contribution in [0.3, 0.4) is 0 Å². The van der Waals surface area contributed by atoms with Crippen LogP contribution in [0.1, 0.15) is 35.2 Å². The molecule has 1 nitrogen and oxygen atoms in total. The zero-order valence-corrected chi connectivity index (χ0v) is 12.1. The maximum absolute atomic E-state index is 12.3. The van der Waals surface area contributed by atoms with Crippen molar-refractivity contribution in [1.29, 1.82) is 0 Å². The fourth-order valence-corrected chi connectivity index (χ4v) is 2.65. The van der Waals surface area contributed by atoms with E-state index in [4.69, 9.17) is 0 Å². The highest BCUT2D eigenvalue weighted by Gasteiger charge is 2.13. The molecule has 0 N–H and O–H groups in total. The maximum Gasteiger partial charge on any atom is 0.163 e. The number of carbonyl (C=O) groups excluding carboxylic acids is 1. The van der Waals surface area contributed by atoms with E-state index in [-0.39, 0.29) is 11.7 Å². The zero-order chi connectivity index (χ0) is 14.7. The lowest BCUT2D eigenvalue weighted by Crippen LogP contribution is -2.05. The van der Waals surface area contributed by atoms with Crippen LogP contribution >= 0.6 is 0 Å². The van der Waals surface area contributed by atoms with Crippen LogP contribution in [0.4, 0.5) is 0 Å². The second-order valence-electron chi connectivity index (χ2n) is 5.50. The minimum atomic E-state index is 0.205. The second kappa shape index (κ2) is 5.92. The van der Waals surface area contributed by atoms with Gasteiger partial charge in [0.15, 0.2) is 5.78 Å². The van der Waals surface area contributed by atoms with Crippen molar-refractivity contribution in [2.45, 2.75) is 19.3 Å². The summed E-state index contributed by atoms with van der Waals surface area (Å²) in [5.74, 6) is 0.429. The molecule has 1 atom stereocenters. The molecule has 0 aliphatic heterocycles. The topological polar surface area (TPSA) is 17.1 Å². The summed E-state index contributed by atoms with van der Waals surface area (Å²) in [4.78, 5) is 12.3. The van der Waals surface area contributed by atoms with Crippen LogP contribution in [0, 0.1) is 0 Å². The van der Waals surface area contributed by atoms with Crippen molar-refractivity contribution < 1.29 is 4.79 Å². The predicted molar refractivity (Wildman–Crippen MR) is 87.8 cm³/mol. The van der Waals surface area contributed by atoms with Gasteiger partial charge in [0.25, 0.3) is 0 Å². The summed E-state index contributed by atoms with van der Waals surface area (Å²) in [6.45, 7) is 2.12. The molecule has 0 saturated carbocycles. The van der Waals surface area contributed by atoms with E-state index in [1.165, 1.54) is 16.3 Å². The molecule has 0 aliphatic carbocycles. The van der Waals surface area contributed by atoms with E-state index in [9.17, 15) is 4.79 Å². The summed E-state index contributed by atoms with van der Waals surface area (Å²) in [6.07, 6.45) is 0.544. The average Bonchev–Trinajstić information content (AvgIpc) is 2.55. The van der Waals surface area contributed by atoms with Gasteiger partial charge in [-0.2, -0.15) is 0 Å². The van der Waals surface area contributed by atoms with Gasteiger partial charge in [-0.05, 0) is 22.3 Å². The van der Waals surface area contributed by atoms with Crippen molar-refractivity contribution in [3.63, 3.8) is 0 Å². The number of fused-ring (bicyclic) bond motifs is 1. The lowest BCUT2D eigenvalue weighted by atomic mass is 9.92. The van der Waals surface area contributed by atoms with Crippen LogP contribution in [0.2, 0.25) is 0 Å². The van der Waals surface area contributed by atoms with Gasteiger partial charge in [-0.25, -0.2) is 0 Å². The third kappa shape index (κ3) is 3.03. The molecule has 0 spiro atoms. The van der Waals surface area contributed by atoms with Crippen LogP contribution < -0.4 is 0 Å². The molecule has 0 heterocycles. The standard InChI is InChI=1S/C20H18O/c1-15(13-20(21)17-8-3-2-4-9-17)18-12-11-16-7-5-6-10-19(16)14-18/h2-12,14-15H,13H2,1H3. The van der Waals surface area contributed by atoms with Gasteiger partial charge in [-0.15, -0.1) is 0 Å². The van der Waals surface area contributed by atoms with E-state index in [0.717, 1.165) is 5.56 Å². The predicted octanol–water partition coefficient (Wildman–Crippen LogP) is 5.22. The van der Waals surface area contributed by atoms with Crippen LogP contribution in [0.5, 0.6) is 0 Å². The van der Waals surface area contributed by atoms with Gasteiger partial charge in [-0.1, -0.05) is 79.7 Å². The van der Waals surface area contributed by atoms with E-state index in [2.05, 4.69) is 37.3 Å². The van der Waals surface area contributed by atoms with Crippen molar-refractivity contribution >= 4 is 16.6 Å². The third-order valence-electron chi connectivity index (χ3n) is 3.93. The number of benzene rings is 3. The highest BCUT2D eigenvalue weighted by Crippen LogP contribution is 2.25. The SMILES string of the molecule is CC(CC(=O)c1ccccc1)c1ccc2ccccc2c1. The Balaban J connectivity index is 1.80. The number of carbonyl (C=O) groups is 1. The first-order valence-corrected chi connectivity index (χ1v) is 7.31. The minimum Gasteiger partial charge on any atom is -0.294 e. The number of rotatable bonds is 4. The Kier molecular flexibility index (Phi) is 3.83. The van der Waals surface area contributed by atoms with Gasteiger partial charge >= 0.3 is 0 Å². The van der Waals surface area contributed by atoms with E-state index in [1.54, 1.807) is 0 Å². The third-order valence-corrected chi connectivity index (χ3v) is 3.93. The Labute approximate surface area is 125 Å². The summed E-state index contributed by atoms with van der Waals surface area (Å²) in [7, 11) is 0. The number of hydrogen-bond donors (Lipinski definition) is 0. The number of ketones is 1. The minimum absolute atomic E-state index is 0.205. The molecule has 0 bridgehead atoms. The van der Waals surface area contributed by atoms with Crippen LogP contribution in [0.15, 0.2) is 72.8 Å². The van der Waals surface area contributed by atoms with Gasteiger partial charge in [0, 0.05) is 12.0 Å². The number of Topliss-reactive ketones (excluding diaryl/α,β-unsaturated/α-hetero) is 1. The first-order chi connectivity index (χ1) is 10.2. The monoisotopic (exact) mass is 274 g/mol. The van der Waals surface area contributed by atoms with Crippen molar-refractivity contribution in [3.8, 4) is 0 Å². The second-order valence-corrected chi connectivity index (χ2v) is 5.50. The van der Waals surface area contributed by atoms with E-state index >= 15 is 0 Å². The van der Waals surface area contributed by atoms with Crippen molar-refractivity contribution in [2.24, 2.45) is 0 Å². The van der Waals surface area contributed by atoms with Gasteiger partial charge in [0.05, 0.1) is 0 Å². The molecular weight excluding hydrogens is 256 g/mol. The van der Waals surface area contributed by atoms with Crippen LogP contribution in [-0.2, 0) is 0 Å². The summed E-state index contributed by atoms with van der Waals surface area (Å²) < 4.78 is 0. The molecule has 21 heavy (non-hydrogen) atoms. The molecule has 104 valence electrons. The molecule has 3 aromatic rings. The molecule has 3 aromatic carbocycles. The smallest absolute Gasteiger partial charge is 0.163 e. The van der Waals surface area contributed by atoms with Crippen molar-refractivity contribution in [2.75, 3.05) is 0 Å². The van der Waals surface area contributed by atoms with E-state index in [1.807, 2.05) is 42.5 Å². The Hall–Kier alpha value is -2.41. The molecule has 3 rings (SSSR count). The summed E-state index contributed by atoms with van der Waals surface area (Å²) in [6, 6.07) is 24.3. The first-order valence-electron chi connectivity index (χ1n) is 7.31. The molecular formula is C20H18O. The van der Waals surface area contributed by atoms with Gasteiger partial charge in [0.2, 0.25) is 0 Å². The van der Waals surface area contributed by atoms with Crippen LogP contribution in [-0.4, -0.2) is 5.78 Å². The van der Waals surface area contributed by atoms with Crippen LogP contribution in [0.25, 0.3) is 10.8 Å². The van der Waals surface area contributed by atoms with Gasteiger partial charge in [-0.3, -0.25) is 4.79 Å². The molecule has 1 heteroatoms. The Morgan fingerprint density at radius 1 is 0.857 bits per heavy atom. The van der Waals surface area contributed by atoms with Gasteiger partial charge in [0.1, 0.15) is 0 Å². The highest BCUT2D eigenvalue weighted by molar-refractivity contribution is 5.96. The lowest BCUT2D eigenvalue weighted by Gasteiger charge is -2.12. The first kappa shape index (κ1) is 13.6. The van der Waals surface area contributed by atoms with E-state index in [0.29, 0.717) is 6.42 Å². The Morgan fingerprint density at radius 2 is 1.52 bits per heavy atom. The fourth-order valence-electron chi connectivity index (χ4n) is 2.65. The summed E-state index contributed by atoms with van der Waals surface area (Å²) in [5.41, 5.74) is 2.02. The maximum atomic E-state index is 12.3. The largest absolute Gasteiger partial charge is 0.294 e. The van der Waals surface area contributed by atoms with Crippen molar-refractivity contribution in [3.05, 3.63) is 83.9 Å². The summed E-state index contributed by atoms with van der Waals surface area (Å²) >= 11 is 0. The number of hydrogen-bond acceptors (Lipinski definition) is 1. The molecule has 0 radical (unpaired) electrons. The van der Waals surface area contributed by atoms with E-state index < -0.39 is 0 Å². The fraction of sp³-hybridized carbons (Fsp3) is 0.150. The molecule has 0 fully saturated rings. The quantitative estimate of drug-likeness (QED) is 0.596. The lowest BCUT2D eigenvalue weighted by molar-refractivity contribution is 0.0975. The van der Waals surface area contributed by atoms with Crippen molar-refractivity contribution in [1.82, 2.24) is 0 Å². The molecule has 0 amide bonds. The van der Waals surface area contributed by atoms with Gasteiger partial charge < -0.3 is 0 Å². The highest BCUT2D eigenvalue weighted by atomic mass is 16.1. The Bertz CT molecular complexity index is 759. The normalized spacial score (nSPS) is 12.2. The molecule has 0 aromatic heterocycles. The Morgan fingerprint density at radius 3 is 2.29 bits per heavy atom. The molecule has 0 aliphatic rings. The molecule has 1 unspecified atom stereocenters. The zero-order valence-electron chi connectivity index (χ0n) is 12.1. The summed E-state index contributed by atoms with van der Waals surface area (Å²) in [5, 5.41) is 2.47. The average molecular weight is 274 g/mol. The molecule has 0 saturated heterocycles.